The predicted octanol–water partition coefficient (Wildman–Crippen LogP) is 1.32. The third kappa shape index (κ3) is 1.36. The molecule has 4 heteroatoms. The number of hydrogen-bond acceptors (Lipinski definition) is 3. The van der Waals surface area contributed by atoms with Crippen molar-refractivity contribution in [2.45, 2.75) is 6.54 Å². The lowest BCUT2D eigenvalue weighted by Crippen LogP contribution is -2.30. The van der Waals surface area contributed by atoms with E-state index in [1.807, 2.05) is 6.07 Å². The van der Waals surface area contributed by atoms with Gasteiger partial charge >= 0.3 is 0 Å². The number of carbonyl (C=O) groups is 1. The van der Waals surface area contributed by atoms with E-state index in [1.165, 1.54) is 0 Å². The van der Waals surface area contributed by atoms with E-state index >= 15 is 0 Å². The Morgan fingerprint density at radius 2 is 2.15 bits per heavy atom. The van der Waals surface area contributed by atoms with Crippen molar-refractivity contribution >= 4 is 27.4 Å². The van der Waals surface area contributed by atoms with E-state index in [9.17, 15) is 4.79 Å². The lowest BCUT2D eigenvalue weighted by Gasteiger charge is -2.18. The van der Waals surface area contributed by atoms with Crippen LogP contribution in [-0.2, 0) is 6.54 Å². The second-order valence-electron chi connectivity index (χ2n) is 3.02. The van der Waals surface area contributed by atoms with Crippen LogP contribution in [0, 0.1) is 0 Å². The third-order valence-electron chi connectivity index (χ3n) is 2.15. The van der Waals surface area contributed by atoms with Crippen molar-refractivity contribution in [2.75, 3.05) is 12.3 Å². The molecule has 0 saturated heterocycles. The first-order chi connectivity index (χ1) is 6.20. The molecule has 0 bridgehead atoms. The van der Waals surface area contributed by atoms with E-state index in [0.29, 0.717) is 24.3 Å². The molecule has 0 saturated carbocycles. The maximum Gasteiger partial charge on any atom is 0.179 e. The fraction of sp³-hybridized carbons (Fsp3) is 0.222. The number of Topliss-reactive ketones (excluding diaryl/α,β-unsaturated/α-hetero) is 1. The Morgan fingerprint density at radius 1 is 1.38 bits per heavy atom. The van der Waals surface area contributed by atoms with Crippen LogP contribution >= 0.6 is 15.9 Å². The van der Waals surface area contributed by atoms with Crippen LogP contribution in [0.25, 0.3) is 0 Å². The van der Waals surface area contributed by atoms with Gasteiger partial charge in [0.05, 0.1) is 6.54 Å². The standard InChI is InChI=1S/C9H9BrN2O/c10-6-1-2-7(11)9-5(6)3-12-4-8(9)13/h1-2,12H,3-4,11H2. The molecule has 1 aliphatic rings. The average Bonchev–Trinajstić information content (AvgIpc) is 2.12. The summed E-state index contributed by atoms with van der Waals surface area (Å²) in [5.41, 5.74) is 7.95. The maximum atomic E-state index is 11.5. The van der Waals surface area contributed by atoms with Crippen LogP contribution in [0.3, 0.4) is 0 Å². The number of halogens is 1. The minimum Gasteiger partial charge on any atom is -0.398 e. The van der Waals surface area contributed by atoms with Gasteiger partial charge in [0.25, 0.3) is 0 Å². The zero-order chi connectivity index (χ0) is 9.42. The number of nitrogens with two attached hydrogens (primary N) is 1. The van der Waals surface area contributed by atoms with Gasteiger partial charge in [0.15, 0.2) is 5.78 Å². The number of anilines is 1. The van der Waals surface area contributed by atoms with Crippen molar-refractivity contribution in [3.8, 4) is 0 Å². The SMILES string of the molecule is Nc1ccc(Br)c2c1C(=O)CNC2. The predicted molar refractivity (Wildman–Crippen MR) is 54.6 cm³/mol. The number of nitrogens with one attached hydrogen (secondary N) is 1. The first kappa shape index (κ1) is 8.72. The smallest absolute Gasteiger partial charge is 0.179 e. The highest BCUT2D eigenvalue weighted by molar-refractivity contribution is 9.10. The van der Waals surface area contributed by atoms with E-state index in [1.54, 1.807) is 6.07 Å². The first-order valence-electron chi connectivity index (χ1n) is 4.01. The van der Waals surface area contributed by atoms with Gasteiger partial charge in [0.1, 0.15) is 0 Å². The number of nitrogen functional groups attached to an aromatic ring is 1. The van der Waals surface area contributed by atoms with Crippen molar-refractivity contribution in [1.82, 2.24) is 5.32 Å². The molecular weight excluding hydrogens is 232 g/mol. The van der Waals surface area contributed by atoms with Crippen molar-refractivity contribution in [3.05, 3.63) is 27.7 Å². The summed E-state index contributed by atoms with van der Waals surface area (Å²) in [5, 5.41) is 3.02. The maximum absolute atomic E-state index is 11.5. The van der Waals surface area contributed by atoms with Gasteiger partial charge in [0.2, 0.25) is 0 Å². The summed E-state index contributed by atoms with van der Waals surface area (Å²) in [4.78, 5) is 11.5. The second kappa shape index (κ2) is 3.12. The van der Waals surface area contributed by atoms with Crippen LogP contribution in [0.5, 0.6) is 0 Å². The van der Waals surface area contributed by atoms with Crippen LogP contribution in [0.1, 0.15) is 15.9 Å². The summed E-state index contributed by atoms with van der Waals surface area (Å²) in [6.45, 7) is 1.08. The fourth-order valence-corrected chi connectivity index (χ4v) is 2.00. The highest BCUT2D eigenvalue weighted by Crippen LogP contribution is 2.27. The summed E-state index contributed by atoms with van der Waals surface area (Å²) in [6, 6.07) is 3.63. The number of rotatable bonds is 0. The van der Waals surface area contributed by atoms with Gasteiger partial charge in [-0.2, -0.15) is 0 Å². The lowest BCUT2D eigenvalue weighted by molar-refractivity contribution is 0.0983. The molecule has 1 heterocycles. The molecular formula is C9H9BrN2O. The van der Waals surface area contributed by atoms with Gasteiger partial charge in [-0.3, -0.25) is 4.79 Å². The Labute approximate surface area is 84.4 Å². The summed E-state index contributed by atoms with van der Waals surface area (Å²) < 4.78 is 0.942. The molecule has 1 aromatic carbocycles. The van der Waals surface area contributed by atoms with Gasteiger partial charge in [-0.25, -0.2) is 0 Å². The Morgan fingerprint density at radius 3 is 2.85 bits per heavy atom. The van der Waals surface area contributed by atoms with Crippen molar-refractivity contribution in [1.29, 1.82) is 0 Å². The Kier molecular flexibility index (Phi) is 2.09. The summed E-state index contributed by atoms with van der Waals surface area (Å²) in [6.07, 6.45) is 0. The topological polar surface area (TPSA) is 55.1 Å². The zero-order valence-electron chi connectivity index (χ0n) is 6.93. The van der Waals surface area contributed by atoms with Gasteiger partial charge < -0.3 is 11.1 Å². The Balaban J connectivity index is 2.67. The molecule has 0 aromatic heterocycles. The summed E-state index contributed by atoms with van der Waals surface area (Å²) in [5.74, 6) is 0.0695. The number of ketones is 1. The first-order valence-corrected chi connectivity index (χ1v) is 4.80. The van der Waals surface area contributed by atoms with Gasteiger partial charge in [-0.15, -0.1) is 0 Å². The van der Waals surface area contributed by atoms with E-state index in [0.717, 1.165) is 10.0 Å². The van der Waals surface area contributed by atoms with Crippen LogP contribution in [0.4, 0.5) is 5.69 Å². The number of benzene rings is 1. The van der Waals surface area contributed by atoms with Gasteiger partial charge in [-0.05, 0) is 17.7 Å². The lowest BCUT2D eigenvalue weighted by atomic mass is 9.98. The Hall–Kier alpha value is -0.870. The number of fused-ring (bicyclic) bond motifs is 1. The molecule has 0 amide bonds. The van der Waals surface area contributed by atoms with E-state index in [4.69, 9.17) is 5.73 Å². The molecule has 0 radical (unpaired) electrons. The normalized spacial score (nSPS) is 15.6. The molecule has 0 atom stereocenters. The van der Waals surface area contributed by atoms with Gasteiger partial charge in [0, 0.05) is 22.3 Å². The molecule has 2 rings (SSSR count). The largest absolute Gasteiger partial charge is 0.398 e. The molecule has 68 valence electrons. The second-order valence-corrected chi connectivity index (χ2v) is 3.87. The molecule has 0 unspecified atom stereocenters. The monoisotopic (exact) mass is 240 g/mol. The van der Waals surface area contributed by atoms with Crippen molar-refractivity contribution in [2.24, 2.45) is 0 Å². The van der Waals surface area contributed by atoms with Crippen LogP contribution < -0.4 is 11.1 Å². The van der Waals surface area contributed by atoms with Gasteiger partial charge in [-0.1, -0.05) is 15.9 Å². The zero-order valence-corrected chi connectivity index (χ0v) is 8.52. The van der Waals surface area contributed by atoms with Crippen LogP contribution in [0.15, 0.2) is 16.6 Å². The van der Waals surface area contributed by atoms with Crippen molar-refractivity contribution < 1.29 is 4.79 Å². The number of carbonyl (C=O) groups excluding carboxylic acids is 1. The quantitative estimate of drug-likeness (QED) is 0.673. The molecule has 13 heavy (non-hydrogen) atoms. The summed E-state index contributed by atoms with van der Waals surface area (Å²) >= 11 is 3.40. The highest BCUT2D eigenvalue weighted by Gasteiger charge is 2.20. The molecule has 0 spiro atoms. The molecule has 3 N–H and O–H groups in total. The van der Waals surface area contributed by atoms with E-state index in [-0.39, 0.29) is 5.78 Å². The molecule has 0 aliphatic carbocycles. The molecule has 0 fully saturated rings. The fourth-order valence-electron chi connectivity index (χ4n) is 1.53. The minimum absolute atomic E-state index is 0.0695. The average molecular weight is 241 g/mol. The number of hydrogen-bond donors (Lipinski definition) is 2. The van der Waals surface area contributed by atoms with Crippen molar-refractivity contribution in [3.63, 3.8) is 0 Å². The van der Waals surface area contributed by atoms with E-state index < -0.39 is 0 Å². The Bertz CT molecular complexity index is 376. The third-order valence-corrected chi connectivity index (χ3v) is 2.90. The molecule has 1 aliphatic heterocycles. The van der Waals surface area contributed by atoms with Crippen LogP contribution in [0.2, 0.25) is 0 Å². The van der Waals surface area contributed by atoms with E-state index in [2.05, 4.69) is 21.2 Å². The molecule has 3 nitrogen and oxygen atoms in total. The molecule has 1 aromatic rings. The van der Waals surface area contributed by atoms with Crippen LogP contribution in [-0.4, -0.2) is 12.3 Å². The summed E-state index contributed by atoms with van der Waals surface area (Å²) in [7, 11) is 0. The highest BCUT2D eigenvalue weighted by atomic mass is 79.9. The minimum atomic E-state index is 0.0695.